The van der Waals surface area contributed by atoms with E-state index < -0.39 is 23.0 Å². The average Bonchev–Trinajstić information content (AvgIpc) is 2.31. The molecule has 0 radical (unpaired) electrons. The Morgan fingerprint density at radius 3 is 2.38 bits per heavy atom. The number of alkyl halides is 3. The molecule has 0 spiro atoms. The lowest BCUT2D eigenvalue weighted by Crippen LogP contribution is -2.52. The van der Waals surface area contributed by atoms with E-state index in [2.05, 4.69) is 9.46 Å². The number of hydrogen-bond donors (Lipinski definition) is 1. The average molecular weight is 334 g/mol. The second-order valence-corrected chi connectivity index (χ2v) is 6.75. The lowest BCUT2D eigenvalue weighted by Gasteiger charge is -2.34. The minimum Gasteiger partial charge on any atom is -0.373 e. The molecule has 6 nitrogen and oxygen atoms in total. The van der Waals surface area contributed by atoms with E-state index in [0.717, 1.165) is 0 Å². The number of hydrogen-bond acceptors (Lipinski definition) is 4. The lowest BCUT2D eigenvalue weighted by molar-refractivity contribution is -0.173. The summed E-state index contributed by atoms with van der Waals surface area (Å²) in [5, 5.41) is 0. The number of rotatable bonds is 7. The van der Waals surface area contributed by atoms with Crippen molar-refractivity contribution in [3.8, 4) is 0 Å². The summed E-state index contributed by atoms with van der Waals surface area (Å²) >= 11 is 0. The van der Waals surface area contributed by atoms with Gasteiger partial charge < -0.3 is 9.47 Å². The molecule has 1 aliphatic heterocycles. The summed E-state index contributed by atoms with van der Waals surface area (Å²) < 4.78 is 72.9. The quantitative estimate of drug-likeness (QED) is 0.703. The monoisotopic (exact) mass is 334 g/mol. The fourth-order valence-electron chi connectivity index (χ4n) is 1.98. The number of nitrogens with one attached hydrogen (secondary N) is 1. The highest BCUT2D eigenvalue weighted by molar-refractivity contribution is 7.87. The summed E-state index contributed by atoms with van der Waals surface area (Å²) in [4.78, 5) is 0. The fourth-order valence-corrected chi connectivity index (χ4v) is 3.38. The summed E-state index contributed by atoms with van der Waals surface area (Å²) in [6.45, 7) is 2.62. The second-order valence-electron chi connectivity index (χ2n) is 4.99. The maximum atomic E-state index is 12.0. The van der Waals surface area contributed by atoms with Crippen LogP contribution in [0.25, 0.3) is 0 Å². The van der Waals surface area contributed by atoms with Crippen LogP contribution in [0.4, 0.5) is 13.2 Å². The van der Waals surface area contributed by atoms with E-state index in [1.807, 2.05) is 0 Å². The van der Waals surface area contributed by atoms with Crippen molar-refractivity contribution in [3.63, 3.8) is 0 Å². The molecular formula is C11H21F3N2O4S. The maximum absolute atomic E-state index is 12.0. The first-order valence-electron chi connectivity index (χ1n) is 6.65. The highest BCUT2D eigenvalue weighted by Crippen LogP contribution is 2.15. The van der Waals surface area contributed by atoms with E-state index in [1.54, 1.807) is 13.8 Å². The molecule has 0 aliphatic carbocycles. The van der Waals surface area contributed by atoms with Gasteiger partial charge in [0.05, 0.1) is 12.2 Å². The van der Waals surface area contributed by atoms with E-state index in [9.17, 15) is 21.6 Å². The zero-order valence-corrected chi connectivity index (χ0v) is 12.8. The first-order valence-corrected chi connectivity index (χ1v) is 8.09. The third-order valence-corrected chi connectivity index (χ3v) is 4.29. The minimum absolute atomic E-state index is 0.0281. The van der Waals surface area contributed by atoms with Gasteiger partial charge in [-0.1, -0.05) is 0 Å². The van der Waals surface area contributed by atoms with Gasteiger partial charge in [0.2, 0.25) is 0 Å². The summed E-state index contributed by atoms with van der Waals surface area (Å²) in [6, 6.07) is 0. The molecule has 0 amide bonds. The molecular weight excluding hydrogens is 313 g/mol. The molecule has 0 bridgehead atoms. The molecule has 2 atom stereocenters. The van der Waals surface area contributed by atoms with Crippen LogP contribution in [0.3, 0.4) is 0 Å². The van der Waals surface area contributed by atoms with Crippen molar-refractivity contribution >= 4 is 10.2 Å². The van der Waals surface area contributed by atoms with Gasteiger partial charge >= 0.3 is 6.18 Å². The van der Waals surface area contributed by atoms with Crippen LogP contribution < -0.4 is 4.72 Å². The van der Waals surface area contributed by atoms with Crippen molar-refractivity contribution in [1.82, 2.24) is 9.03 Å². The van der Waals surface area contributed by atoms with Gasteiger partial charge in [-0.25, -0.2) is 4.72 Å². The fraction of sp³-hybridized carbons (Fsp3) is 1.00. The van der Waals surface area contributed by atoms with Gasteiger partial charge in [-0.3, -0.25) is 0 Å². The zero-order valence-electron chi connectivity index (χ0n) is 12.0. The van der Waals surface area contributed by atoms with Crippen LogP contribution >= 0.6 is 0 Å². The van der Waals surface area contributed by atoms with Gasteiger partial charge in [-0.05, 0) is 20.3 Å². The maximum Gasteiger partial charge on any atom is 0.411 e. The Balaban J connectivity index is 2.27. The van der Waals surface area contributed by atoms with Crippen molar-refractivity contribution < 1.29 is 31.1 Å². The van der Waals surface area contributed by atoms with Crippen molar-refractivity contribution in [1.29, 1.82) is 0 Å². The molecule has 126 valence electrons. The van der Waals surface area contributed by atoms with E-state index >= 15 is 0 Å². The van der Waals surface area contributed by atoms with E-state index in [0.29, 0.717) is 0 Å². The molecule has 1 rings (SSSR count). The van der Waals surface area contributed by atoms with Crippen molar-refractivity contribution in [3.05, 3.63) is 0 Å². The van der Waals surface area contributed by atoms with Crippen LogP contribution in [0, 0.1) is 0 Å². The predicted molar refractivity (Wildman–Crippen MR) is 70.0 cm³/mol. The Morgan fingerprint density at radius 2 is 1.86 bits per heavy atom. The zero-order chi connectivity index (χ0) is 16.1. The first-order chi connectivity index (χ1) is 9.60. The van der Waals surface area contributed by atoms with Gasteiger partial charge in [-0.2, -0.15) is 25.9 Å². The first kappa shape index (κ1) is 18.6. The van der Waals surface area contributed by atoms with Crippen LogP contribution in [-0.4, -0.2) is 64.0 Å². The van der Waals surface area contributed by atoms with Crippen molar-refractivity contribution in [2.24, 2.45) is 0 Å². The molecule has 10 heteroatoms. The Morgan fingerprint density at radius 1 is 1.29 bits per heavy atom. The van der Waals surface area contributed by atoms with Crippen LogP contribution in [0.2, 0.25) is 0 Å². The number of morpholine rings is 1. The van der Waals surface area contributed by atoms with Gasteiger partial charge in [0, 0.05) is 26.2 Å². The Bertz CT molecular complexity index is 406. The molecule has 0 aromatic carbocycles. The molecule has 1 aliphatic rings. The highest BCUT2D eigenvalue weighted by Gasteiger charge is 2.30. The van der Waals surface area contributed by atoms with Crippen LogP contribution in [-0.2, 0) is 19.7 Å². The highest BCUT2D eigenvalue weighted by atomic mass is 32.2. The van der Waals surface area contributed by atoms with Gasteiger partial charge in [0.15, 0.2) is 0 Å². The summed E-state index contributed by atoms with van der Waals surface area (Å²) in [5.74, 6) is 0. The molecule has 1 fully saturated rings. The van der Waals surface area contributed by atoms with Crippen LogP contribution in [0.1, 0.15) is 20.3 Å². The largest absolute Gasteiger partial charge is 0.411 e. The van der Waals surface area contributed by atoms with Crippen LogP contribution in [0.15, 0.2) is 0 Å². The van der Waals surface area contributed by atoms with Crippen molar-refractivity contribution in [2.45, 2.75) is 38.7 Å². The summed E-state index contributed by atoms with van der Waals surface area (Å²) in [7, 11) is -3.64. The summed E-state index contributed by atoms with van der Waals surface area (Å²) in [5.41, 5.74) is 0. The number of halogens is 3. The van der Waals surface area contributed by atoms with Crippen LogP contribution in [0.5, 0.6) is 0 Å². The molecule has 21 heavy (non-hydrogen) atoms. The topological polar surface area (TPSA) is 67.9 Å². The van der Waals surface area contributed by atoms with E-state index in [4.69, 9.17) is 4.74 Å². The molecule has 2 unspecified atom stereocenters. The third-order valence-electron chi connectivity index (χ3n) is 2.74. The molecule has 0 aromatic rings. The second kappa shape index (κ2) is 7.73. The summed E-state index contributed by atoms with van der Waals surface area (Å²) in [6.07, 6.45) is -4.58. The molecule has 1 saturated heterocycles. The number of ether oxygens (including phenoxy) is 2. The number of nitrogens with zero attached hydrogens (tertiary/aromatic N) is 1. The Labute approximate surface area is 122 Å². The van der Waals surface area contributed by atoms with E-state index in [-0.39, 0.29) is 44.9 Å². The molecule has 1 N–H and O–H groups in total. The standard InChI is InChI=1S/C11H21F3N2O4S/c1-9-6-16(7-10(2)20-9)21(17,18)15-4-3-5-19-8-11(12,13)14/h9-10,15H,3-8H2,1-2H3. The minimum atomic E-state index is -4.36. The normalized spacial score (nSPS) is 25.2. The Hall–Kier alpha value is -0.420. The van der Waals surface area contributed by atoms with Gasteiger partial charge in [0.25, 0.3) is 10.2 Å². The predicted octanol–water partition coefficient (Wildman–Crippen LogP) is 0.899. The molecule has 0 aromatic heterocycles. The van der Waals surface area contributed by atoms with Gasteiger partial charge in [0.1, 0.15) is 6.61 Å². The molecule has 0 saturated carbocycles. The van der Waals surface area contributed by atoms with E-state index in [1.165, 1.54) is 4.31 Å². The van der Waals surface area contributed by atoms with Gasteiger partial charge in [-0.15, -0.1) is 0 Å². The SMILES string of the molecule is CC1CN(S(=O)(=O)NCCCOCC(F)(F)F)CC(C)O1. The third kappa shape index (κ3) is 7.41. The smallest absolute Gasteiger partial charge is 0.373 e. The Kier molecular flexibility index (Phi) is 6.85. The lowest BCUT2D eigenvalue weighted by atomic mass is 10.3. The van der Waals surface area contributed by atoms with Crippen molar-refractivity contribution in [2.75, 3.05) is 32.8 Å². The molecule has 1 heterocycles.